The number of allylic oxidation sites excluding steroid dienone is 1. The topological polar surface area (TPSA) is 29.5 Å². The van der Waals surface area contributed by atoms with Gasteiger partial charge in [-0.3, -0.25) is 0 Å². The molecule has 1 N–H and O–H groups in total. The number of ether oxygens (including phenoxy) is 1. The van der Waals surface area contributed by atoms with E-state index in [4.69, 9.17) is 4.74 Å². The smallest absolute Gasteiger partial charge is 0.0955 e. The van der Waals surface area contributed by atoms with Gasteiger partial charge in [-0.15, -0.1) is 0 Å². The lowest BCUT2D eigenvalue weighted by atomic mass is 9.32. The molecule has 2 bridgehead atoms. The minimum absolute atomic E-state index is 0.0111. The Labute approximate surface area is 197 Å². The minimum atomic E-state index is -0.155. The lowest BCUT2D eigenvalue weighted by molar-refractivity contribution is -0.242. The maximum absolute atomic E-state index is 10.9. The van der Waals surface area contributed by atoms with E-state index in [9.17, 15) is 5.11 Å². The highest BCUT2D eigenvalue weighted by atomic mass is 16.5. The fourth-order valence-corrected chi connectivity index (χ4v) is 11.2. The highest BCUT2D eigenvalue weighted by Crippen LogP contribution is 2.79. The minimum Gasteiger partial charge on any atom is -0.393 e. The molecule has 4 saturated carbocycles. The summed E-state index contributed by atoms with van der Waals surface area (Å²) in [5, 5.41) is 10.9. The molecule has 1 saturated heterocycles. The Kier molecular flexibility index (Phi) is 4.20. The summed E-state index contributed by atoms with van der Waals surface area (Å²) in [6.45, 7) is 18.6. The first-order chi connectivity index (χ1) is 14.8. The Morgan fingerprint density at radius 2 is 1.53 bits per heavy atom. The summed E-state index contributed by atoms with van der Waals surface area (Å²) in [5.41, 5.74) is 1.55. The summed E-state index contributed by atoms with van der Waals surface area (Å²) in [6, 6.07) is 0. The highest BCUT2D eigenvalue weighted by molar-refractivity contribution is 5.34. The molecule has 1 aliphatic heterocycles. The van der Waals surface area contributed by atoms with Gasteiger partial charge in [0.15, 0.2) is 0 Å². The van der Waals surface area contributed by atoms with Crippen LogP contribution in [0.5, 0.6) is 0 Å². The molecule has 0 unspecified atom stereocenters. The first kappa shape index (κ1) is 22.1. The van der Waals surface area contributed by atoms with Crippen molar-refractivity contribution in [2.24, 2.45) is 50.2 Å². The van der Waals surface area contributed by atoms with Crippen molar-refractivity contribution in [3.05, 3.63) is 12.2 Å². The second-order valence-corrected chi connectivity index (χ2v) is 15.4. The molecule has 6 rings (SSSR count). The Morgan fingerprint density at radius 3 is 2.28 bits per heavy atom. The molecule has 5 aliphatic carbocycles. The van der Waals surface area contributed by atoms with Crippen LogP contribution in [0, 0.1) is 50.2 Å². The van der Waals surface area contributed by atoms with E-state index in [-0.39, 0.29) is 33.4 Å². The van der Waals surface area contributed by atoms with Crippen LogP contribution >= 0.6 is 0 Å². The number of aliphatic hydroxyl groups excluding tert-OH is 1. The number of fused-ring (bicyclic) bond motifs is 4. The third-order valence-corrected chi connectivity index (χ3v) is 13.6. The molecular weight excluding hydrogens is 392 g/mol. The molecule has 6 aliphatic rings. The van der Waals surface area contributed by atoms with E-state index in [1.807, 2.05) is 0 Å². The van der Waals surface area contributed by atoms with Crippen LogP contribution in [0.25, 0.3) is 0 Å². The quantitative estimate of drug-likeness (QED) is 0.405. The van der Waals surface area contributed by atoms with Crippen molar-refractivity contribution < 1.29 is 9.84 Å². The Hall–Kier alpha value is -0.340. The molecule has 0 amide bonds. The zero-order valence-corrected chi connectivity index (χ0v) is 21.9. The van der Waals surface area contributed by atoms with E-state index in [2.05, 4.69) is 60.6 Å². The van der Waals surface area contributed by atoms with E-state index < -0.39 is 0 Å². The van der Waals surface area contributed by atoms with Crippen LogP contribution in [0.15, 0.2) is 12.2 Å². The van der Waals surface area contributed by atoms with Crippen LogP contribution in [0.4, 0.5) is 0 Å². The van der Waals surface area contributed by atoms with E-state index in [1.165, 1.54) is 44.9 Å². The van der Waals surface area contributed by atoms with E-state index in [0.29, 0.717) is 28.6 Å². The maximum atomic E-state index is 10.9. The average Bonchev–Trinajstić information content (AvgIpc) is 2.94. The van der Waals surface area contributed by atoms with Crippen molar-refractivity contribution in [2.45, 2.75) is 118 Å². The van der Waals surface area contributed by atoms with Crippen LogP contribution in [0.3, 0.4) is 0 Å². The third kappa shape index (κ3) is 2.27. The van der Waals surface area contributed by atoms with E-state index in [0.717, 1.165) is 19.4 Å². The predicted octanol–water partition coefficient (Wildman–Crippen LogP) is 7.16. The largest absolute Gasteiger partial charge is 0.393 e. The summed E-state index contributed by atoms with van der Waals surface area (Å²) in [5.74, 6) is 1.87. The number of aliphatic hydroxyl groups is 1. The molecule has 32 heavy (non-hydrogen) atoms. The van der Waals surface area contributed by atoms with Crippen LogP contribution in [0.2, 0.25) is 0 Å². The zero-order chi connectivity index (χ0) is 23.0. The molecule has 0 radical (unpaired) electrons. The second-order valence-electron chi connectivity index (χ2n) is 15.4. The molecule has 2 nitrogen and oxygen atoms in total. The lowest BCUT2D eigenvalue weighted by Gasteiger charge is -2.72. The average molecular weight is 441 g/mol. The fourth-order valence-electron chi connectivity index (χ4n) is 11.2. The van der Waals surface area contributed by atoms with Gasteiger partial charge in [0.05, 0.1) is 18.3 Å². The van der Waals surface area contributed by atoms with Gasteiger partial charge < -0.3 is 9.84 Å². The molecule has 2 heteroatoms. The summed E-state index contributed by atoms with van der Waals surface area (Å²) in [7, 11) is 0. The Bertz CT molecular complexity index is 857. The highest BCUT2D eigenvalue weighted by Gasteiger charge is 2.76. The number of hydrogen-bond acceptors (Lipinski definition) is 2. The van der Waals surface area contributed by atoms with Gasteiger partial charge in [-0.1, -0.05) is 60.6 Å². The molecule has 9 atom stereocenters. The summed E-state index contributed by atoms with van der Waals surface area (Å²) in [6.07, 6.45) is 16.6. The molecule has 0 aromatic carbocycles. The SMILES string of the molecule is CC1(C)CC[C@@]23CC[C@]4(C)[C@@](C=C[C@@H]5[C@@]6(C)CC[C@H](O)C(C)(C)[C@H]6CC[C@]54C)(OC2)[C@@H]3C1. The Balaban J connectivity index is 1.48. The monoisotopic (exact) mass is 440 g/mol. The van der Waals surface area contributed by atoms with Gasteiger partial charge in [-0.05, 0) is 96.7 Å². The van der Waals surface area contributed by atoms with Gasteiger partial charge in [0.1, 0.15) is 0 Å². The van der Waals surface area contributed by atoms with Crippen molar-refractivity contribution in [3.63, 3.8) is 0 Å². The maximum Gasteiger partial charge on any atom is 0.0955 e. The van der Waals surface area contributed by atoms with Gasteiger partial charge in [0, 0.05) is 11.3 Å². The van der Waals surface area contributed by atoms with Gasteiger partial charge >= 0.3 is 0 Å². The molecule has 180 valence electrons. The number of rotatable bonds is 0. The van der Waals surface area contributed by atoms with Crippen molar-refractivity contribution in [2.75, 3.05) is 6.61 Å². The van der Waals surface area contributed by atoms with E-state index in [1.54, 1.807) is 0 Å². The third-order valence-electron chi connectivity index (χ3n) is 13.6. The number of hydrogen-bond donors (Lipinski definition) is 1. The summed E-state index contributed by atoms with van der Waals surface area (Å²) >= 11 is 0. The molecule has 1 spiro atoms. The predicted molar refractivity (Wildman–Crippen MR) is 130 cm³/mol. The van der Waals surface area contributed by atoms with Gasteiger partial charge in [-0.25, -0.2) is 0 Å². The lowest BCUT2D eigenvalue weighted by Crippen LogP contribution is -2.70. The van der Waals surface area contributed by atoms with Crippen LogP contribution in [-0.2, 0) is 4.74 Å². The van der Waals surface area contributed by atoms with Crippen molar-refractivity contribution >= 4 is 0 Å². The summed E-state index contributed by atoms with van der Waals surface area (Å²) < 4.78 is 7.12. The van der Waals surface area contributed by atoms with Gasteiger partial charge in [-0.2, -0.15) is 0 Å². The fraction of sp³-hybridized carbons (Fsp3) is 0.933. The molecule has 5 fully saturated rings. The second kappa shape index (κ2) is 6.07. The van der Waals surface area contributed by atoms with Crippen molar-refractivity contribution in [1.29, 1.82) is 0 Å². The first-order valence-corrected chi connectivity index (χ1v) is 13.8. The van der Waals surface area contributed by atoms with Crippen molar-refractivity contribution in [1.82, 2.24) is 0 Å². The standard InChI is InChI=1S/C30H48O2/c1-24(2)14-16-29-17-15-28(7)27(6)12-8-20-25(3,4)23(31)10-11-26(20,5)21(27)9-13-30(28,32-19-29)22(29)18-24/h9,13,20-23,31H,8,10-12,14-19H2,1-7H3/t20-,21-,22-,23+,26+,27-,28+,29-,30+/m1/s1. The molecular formula is C30H48O2. The molecule has 1 heterocycles. The molecule has 0 aromatic heterocycles. The van der Waals surface area contributed by atoms with Gasteiger partial charge in [0.25, 0.3) is 0 Å². The summed E-state index contributed by atoms with van der Waals surface area (Å²) in [4.78, 5) is 0. The van der Waals surface area contributed by atoms with Crippen LogP contribution in [-0.4, -0.2) is 23.4 Å². The normalized spacial score (nSPS) is 59.5. The van der Waals surface area contributed by atoms with E-state index >= 15 is 0 Å². The Morgan fingerprint density at radius 1 is 0.812 bits per heavy atom. The van der Waals surface area contributed by atoms with Crippen molar-refractivity contribution in [3.8, 4) is 0 Å². The van der Waals surface area contributed by atoms with Crippen LogP contribution < -0.4 is 0 Å². The van der Waals surface area contributed by atoms with Crippen LogP contribution in [0.1, 0.15) is 106 Å². The molecule has 0 aromatic rings. The zero-order valence-electron chi connectivity index (χ0n) is 21.9. The van der Waals surface area contributed by atoms with Gasteiger partial charge in [0.2, 0.25) is 0 Å². The first-order valence-electron chi connectivity index (χ1n) is 13.8.